The maximum atomic E-state index is 6.55. The van der Waals surface area contributed by atoms with E-state index in [1.54, 1.807) is 0 Å². The summed E-state index contributed by atoms with van der Waals surface area (Å²) < 4.78 is 11.3. The van der Waals surface area contributed by atoms with Gasteiger partial charge in [-0.3, -0.25) is 0 Å². The molecule has 0 saturated heterocycles. The summed E-state index contributed by atoms with van der Waals surface area (Å²) in [5.41, 5.74) is 14.0. The van der Waals surface area contributed by atoms with Gasteiger partial charge in [0.25, 0.3) is 0 Å². The fraction of sp³-hybridized carbons (Fsp3) is 0.0714. The van der Waals surface area contributed by atoms with Gasteiger partial charge in [-0.05, 0) is 83.9 Å². The van der Waals surface area contributed by atoms with Gasteiger partial charge in [0.1, 0.15) is 11.5 Å². The van der Waals surface area contributed by atoms with Crippen molar-refractivity contribution in [2.45, 2.75) is 0 Å². The van der Waals surface area contributed by atoms with Gasteiger partial charge in [-0.25, -0.2) is 0 Å². The molecule has 0 unspecified atom stereocenters. The van der Waals surface area contributed by atoms with E-state index >= 15 is 0 Å². The van der Waals surface area contributed by atoms with Crippen LogP contribution >= 0.6 is 0 Å². The normalized spacial score (nSPS) is 14.1. The summed E-state index contributed by atoms with van der Waals surface area (Å²) in [5.74, 6) is 1.59. The highest BCUT2D eigenvalue weighted by molar-refractivity contribution is 6.10. The fourth-order valence-corrected chi connectivity index (χ4v) is 9.64. The maximum Gasteiger partial charge on any atom is 0.129 e. The molecule has 2 aliphatic heterocycles. The van der Waals surface area contributed by atoms with E-state index in [0.717, 1.165) is 47.6 Å². The fourth-order valence-electron chi connectivity index (χ4n) is 9.64. The SMILES string of the molecule is CN1CN(c2cccc(Oc3cccc(N4C=C(c5ccc(-n6c7ccccc7c7ccccc76)cc5)N(C)C4)c3)c2)C=C1c1ccc(-n2c3ccccc3c3ccccc32)cc1. The Morgan fingerprint density at radius 2 is 0.698 bits per heavy atom. The van der Waals surface area contributed by atoms with E-state index in [1.807, 2.05) is 12.1 Å². The van der Waals surface area contributed by atoms with Crippen LogP contribution in [-0.2, 0) is 0 Å². The second-order valence-corrected chi connectivity index (χ2v) is 16.6. The molecule has 0 atom stereocenters. The Balaban J connectivity index is 0.759. The number of aromatic nitrogens is 2. The molecular weight excluding hydrogens is 773 g/mol. The minimum Gasteiger partial charge on any atom is -0.457 e. The molecule has 10 aromatic rings. The zero-order valence-corrected chi connectivity index (χ0v) is 35.1. The van der Waals surface area contributed by atoms with Crippen LogP contribution in [0, 0.1) is 0 Å². The first-order chi connectivity index (χ1) is 31.0. The summed E-state index contributed by atoms with van der Waals surface area (Å²) in [6.07, 6.45) is 4.47. The average molecular weight is 817 g/mol. The standard InChI is InChI=1S/C56H44N6O/c1-57-37-59(35-55(57)39-25-29-41(30-26-39)61-51-21-7-3-17-47(51)48-18-4-8-22-52(48)61)43-13-11-15-45(33-43)63-46-16-12-14-44(34-46)60-36-56(58(2)38-60)40-27-31-42(32-28-40)62-53-23-9-5-19-49(53)50-20-6-10-24-54(50)62/h3-36H,37-38H2,1-2H3. The molecule has 304 valence electrons. The molecule has 12 rings (SSSR count). The second kappa shape index (κ2) is 14.8. The van der Waals surface area contributed by atoms with Crippen molar-refractivity contribution in [3.05, 3.63) is 218 Å². The molecule has 2 aromatic heterocycles. The predicted octanol–water partition coefficient (Wildman–Crippen LogP) is 13.1. The molecule has 63 heavy (non-hydrogen) atoms. The van der Waals surface area contributed by atoms with Crippen molar-refractivity contribution in [3.8, 4) is 22.9 Å². The zero-order valence-electron chi connectivity index (χ0n) is 35.1. The Kier molecular flexibility index (Phi) is 8.61. The number of benzene rings is 8. The molecule has 7 nitrogen and oxygen atoms in total. The molecular formula is C56H44N6O. The van der Waals surface area contributed by atoms with Gasteiger partial charge in [0.05, 0.1) is 46.8 Å². The number of nitrogens with zero attached hydrogens (tertiary/aromatic N) is 6. The van der Waals surface area contributed by atoms with Crippen molar-refractivity contribution in [2.24, 2.45) is 0 Å². The Morgan fingerprint density at radius 3 is 1.06 bits per heavy atom. The van der Waals surface area contributed by atoms with Crippen LogP contribution < -0.4 is 14.5 Å². The summed E-state index contributed by atoms with van der Waals surface area (Å²) in [4.78, 5) is 9.14. The summed E-state index contributed by atoms with van der Waals surface area (Å²) in [6.45, 7) is 1.48. The Bertz CT molecular complexity index is 3100. The monoisotopic (exact) mass is 816 g/mol. The number of fused-ring (bicyclic) bond motifs is 6. The molecule has 0 radical (unpaired) electrons. The third kappa shape index (κ3) is 6.28. The number of para-hydroxylation sites is 4. The number of anilines is 2. The Hall–Kier alpha value is -8.16. The molecule has 0 bridgehead atoms. The van der Waals surface area contributed by atoms with Crippen molar-refractivity contribution in [1.82, 2.24) is 18.9 Å². The van der Waals surface area contributed by atoms with Crippen LogP contribution in [0.25, 0.3) is 66.4 Å². The third-order valence-corrected chi connectivity index (χ3v) is 12.6. The van der Waals surface area contributed by atoms with E-state index in [0.29, 0.717) is 0 Å². The average Bonchev–Trinajstić information content (AvgIpc) is 4.10. The second-order valence-electron chi connectivity index (χ2n) is 16.6. The van der Waals surface area contributed by atoms with Gasteiger partial charge >= 0.3 is 0 Å². The highest BCUT2D eigenvalue weighted by Gasteiger charge is 2.23. The molecule has 8 aromatic carbocycles. The van der Waals surface area contributed by atoms with Crippen LogP contribution in [0.4, 0.5) is 11.4 Å². The number of rotatable bonds is 8. The van der Waals surface area contributed by atoms with Gasteiger partial charge in [-0.2, -0.15) is 0 Å². The van der Waals surface area contributed by atoms with Crippen LogP contribution in [-0.4, -0.2) is 46.4 Å². The Morgan fingerprint density at radius 1 is 0.349 bits per heavy atom. The lowest BCUT2D eigenvalue weighted by atomic mass is 10.1. The first kappa shape index (κ1) is 36.7. The molecule has 2 aliphatic rings. The number of hydrogen-bond acceptors (Lipinski definition) is 5. The smallest absolute Gasteiger partial charge is 0.129 e. The van der Waals surface area contributed by atoms with Gasteiger partial charge in [-0.15, -0.1) is 0 Å². The highest BCUT2D eigenvalue weighted by atomic mass is 16.5. The molecule has 7 heteroatoms. The minimum absolute atomic E-state index is 0.739. The molecule has 4 heterocycles. The van der Waals surface area contributed by atoms with E-state index in [-0.39, 0.29) is 0 Å². The van der Waals surface area contributed by atoms with E-state index in [1.165, 1.54) is 66.1 Å². The van der Waals surface area contributed by atoms with Crippen molar-refractivity contribution < 1.29 is 4.74 Å². The lowest BCUT2D eigenvalue weighted by Gasteiger charge is -2.21. The topological polar surface area (TPSA) is 32.1 Å². The lowest BCUT2D eigenvalue weighted by molar-refractivity contribution is 0.481. The maximum absolute atomic E-state index is 6.55. The van der Waals surface area contributed by atoms with Gasteiger partial charge < -0.3 is 33.5 Å². The van der Waals surface area contributed by atoms with Crippen LogP contribution in [0.2, 0.25) is 0 Å². The molecule has 0 spiro atoms. The van der Waals surface area contributed by atoms with Crippen molar-refractivity contribution in [3.63, 3.8) is 0 Å². The van der Waals surface area contributed by atoms with E-state index in [2.05, 4.69) is 237 Å². The van der Waals surface area contributed by atoms with Crippen molar-refractivity contribution in [1.29, 1.82) is 0 Å². The van der Waals surface area contributed by atoms with Crippen LogP contribution in [0.5, 0.6) is 11.5 Å². The summed E-state index contributed by atoms with van der Waals surface area (Å²) in [5, 5.41) is 5.08. The first-order valence-electron chi connectivity index (χ1n) is 21.5. The predicted molar refractivity (Wildman–Crippen MR) is 261 cm³/mol. The first-order valence-corrected chi connectivity index (χ1v) is 21.5. The molecule has 0 amide bonds. The van der Waals surface area contributed by atoms with E-state index in [4.69, 9.17) is 4.74 Å². The van der Waals surface area contributed by atoms with Gasteiger partial charge in [0, 0.05) is 82.9 Å². The lowest BCUT2D eigenvalue weighted by Crippen LogP contribution is -2.23. The van der Waals surface area contributed by atoms with Crippen LogP contribution in [0.3, 0.4) is 0 Å². The highest BCUT2D eigenvalue weighted by Crippen LogP contribution is 2.37. The minimum atomic E-state index is 0.739. The summed E-state index contributed by atoms with van der Waals surface area (Å²) in [6, 6.07) is 69.2. The van der Waals surface area contributed by atoms with E-state index < -0.39 is 0 Å². The molecule has 0 N–H and O–H groups in total. The zero-order chi connectivity index (χ0) is 42.0. The van der Waals surface area contributed by atoms with Gasteiger partial charge in [0.15, 0.2) is 0 Å². The molecule has 0 fully saturated rings. The quantitative estimate of drug-likeness (QED) is 0.153. The molecule has 0 saturated carbocycles. The number of ether oxygens (including phenoxy) is 1. The largest absolute Gasteiger partial charge is 0.457 e. The van der Waals surface area contributed by atoms with Crippen molar-refractivity contribution >= 4 is 66.4 Å². The van der Waals surface area contributed by atoms with Crippen LogP contribution in [0.15, 0.2) is 207 Å². The molecule has 0 aliphatic carbocycles. The van der Waals surface area contributed by atoms with Crippen LogP contribution in [0.1, 0.15) is 11.1 Å². The summed E-state index contributed by atoms with van der Waals surface area (Å²) in [7, 11) is 4.30. The third-order valence-electron chi connectivity index (χ3n) is 12.6. The Labute approximate surface area is 366 Å². The van der Waals surface area contributed by atoms with Gasteiger partial charge in [0.2, 0.25) is 0 Å². The number of hydrogen-bond donors (Lipinski definition) is 0. The van der Waals surface area contributed by atoms with Crippen molar-refractivity contribution in [2.75, 3.05) is 37.2 Å². The van der Waals surface area contributed by atoms with E-state index in [9.17, 15) is 0 Å². The summed E-state index contributed by atoms with van der Waals surface area (Å²) >= 11 is 0. The van der Waals surface area contributed by atoms with Gasteiger partial charge in [-0.1, -0.05) is 109 Å².